The van der Waals surface area contributed by atoms with Crippen molar-refractivity contribution in [3.8, 4) is 6.07 Å². The molecule has 0 fully saturated rings. The first kappa shape index (κ1) is 19.2. The lowest BCUT2D eigenvalue weighted by Gasteiger charge is -2.16. The van der Waals surface area contributed by atoms with Crippen molar-refractivity contribution in [2.45, 2.75) is 25.4 Å². The third kappa shape index (κ3) is 4.40. The van der Waals surface area contributed by atoms with Crippen LogP contribution in [0.3, 0.4) is 0 Å². The first-order chi connectivity index (χ1) is 12.9. The number of halogens is 2. The van der Waals surface area contributed by atoms with Crippen LogP contribution in [0.25, 0.3) is 11.0 Å². The molecule has 3 rings (SSSR count). The maximum absolute atomic E-state index is 12.4. The standard InChI is InChI=1S/C19H17Cl2N5O/c1-10(18-25-16-7-13(20)14(21)8-17(16)26-18)24-19(27)15(23)6-11-3-2-4-12(5-11)9-22/h2-5,7-8,10,15H,6,23H2,1H3,(H,24,27)(H,25,26)/t10-,15-/m0/s1. The molecule has 0 aliphatic rings. The highest BCUT2D eigenvalue weighted by Crippen LogP contribution is 2.27. The average Bonchev–Trinajstić information content (AvgIpc) is 3.05. The summed E-state index contributed by atoms with van der Waals surface area (Å²) in [5, 5.41) is 12.6. The summed E-state index contributed by atoms with van der Waals surface area (Å²) in [4.78, 5) is 20.0. The first-order valence-corrected chi connectivity index (χ1v) is 9.02. The van der Waals surface area contributed by atoms with Crippen molar-refractivity contribution in [1.82, 2.24) is 15.3 Å². The molecule has 2 aromatic carbocycles. The molecule has 2 atom stereocenters. The Balaban J connectivity index is 1.68. The van der Waals surface area contributed by atoms with Gasteiger partial charge < -0.3 is 16.0 Å². The minimum absolute atomic E-state index is 0.304. The van der Waals surface area contributed by atoms with Crippen LogP contribution >= 0.6 is 23.2 Å². The van der Waals surface area contributed by atoms with Gasteiger partial charge in [0.15, 0.2) is 0 Å². The molecule has 0 saturated carbocycles. The van der Waals surface area contributed by atoms with Gasteiger partial charge in [-0.25, -0.2) is 4.98 Å². The van der Waals surface area contributed by atoms with E-state index in [1.807, 2.05) is 13.0 Å². The second-order valence-corrected chi connectivity index (χ2v) is 7.07. The van der Waals surface area contributed by atoms with E-state index in [1.54, 1.807) is 30.3 Å². The second-order valence-electron chi connectivity index (χ2n) is 6.26. The average molecular weight is 402 g/mol. The van der Waals surface area contributed by atoms with Crippen LogP contribution in [0.2, 0.25) is 10.0 Å². The van der Waals surface area contributed by atoms with Crippen LogP contribution in [-0.2, 0) is 11.2 Å². The quantitative estimate of drug-likeness (QED) is 0.607. The number of aromatic nitrogens is 2. The van der Waals surface area contributed by atoms with Gasteiger partial charge in [-0.3, -0.25) is 4.79 Å². The fourth-order valence-electron chi connectivity index (χ4n) is 2.73. The predicted octanol–water partition coefficient (Wildman–Crippen LogP) is 3.49. The second kappa shape index (κ2) is 7.97. The van der Waals surface area contributed by atoms with Gasteiger partial charge in [0.1, 0.15) is 5.82 Å². The Hall–Kier alpha value is -2.59. The van der Waals surface area contributed by atoms with Gasteiger partial charge in [-0.05, 0) is 43.2 Å². The summed E-state index contributed by atoms with van der Waals surface area (Å²) in [5.41, 5.74) is 8.79. The maximum Gasteiger partial charge on any atom is 0.237 e. The van der Waals surface area contributed by atoms with E-state index in [4.69, 9.17) is 34.2 Å². The summed E-state index contributed by atoms with van der Waals surface area (Å²) < 4.78 is 0. The van der Waals surface area contributed by atoms with Crippen LogP contribution in [0.4, 0.5) is 0 Å². The van der Waals surface area contributed by atoms with Gasteiger partial charge in [0.25, 0.3) is 0 Å². The van der Waals surface area contributed by atoms with Crippen molar-refractivity contribution < 1.29 is 4.79 Å². The lowest BCUT2D eigenvalue weighted by molar-refractivity contribution is -0.123. The van der Waals surface area contributed by atoms with Gasteiger partial charge in [-0.15, -0.1) is 0 Å². The number of imidazole rings is 1. The van der Waals surface area contributed by atoms with Gasteiger partial charge in [0.05, 0.1) is 44.8 Å². The minimum atomic E-state index is -0.741. The molecule has 0 unspecified atom stereocenters. The molecule has 0 aliphatic heterocycles. The molecule has 1 aromatic heterocycles. The Labute approximate surface area is 166 Å². The molecular weight excluding hydrogens is 385 g/mol. The van der Waals surface area contributed by atoms with Crippen molar-refractivity contribution in [2.24, 2.45) is 5.73 Å². The van der Waals surface area contributed by atoms with E-state index in [2.05, 4.69) is 21.4 Å². The number of benzene rings is 2. The Kier molecular flexibility index (Phi) is 5.66. The molecule has 4 N–H and O–H groups in total. The van der Waals surface area contributed by atoms with Crippen molar-refractivity contribution >= 4 is 40.1 Å². The Morgan fingerprint density at radius 3 is 2.81 bits per heavy atom. The Bertz CT molecular complexity index is 1000. The van der Waals surface area contributed by atoms with Gasteiger partial charge in [-0.2, -0.15) is 5.26 Å². The zero-order chi connectivity index (χ0) is 19.6. The van der Waals surface area contributed by atoms with Crippen molar-refractivity contribution in [1.29, 1.82) is 5.26 Å². The highest BCUT2D eigenvalue weighted by Gasteiger charge is 2.19. The number of carbonyl (C=O) groups excluding carboxylic acids is 1. The lowest BCUT2D eigenvalue weighted by atomic mass is 10.0. The number of amides is 1. The normalized spacial score (nSPS) is 13.1. The molecule has 0 saturated heterocycles. The van der Waals surface area contributed by atoms with E-state index >= 15 is 0 Å². The minimum Gasteiger partial charge on any atom is -0.345 e. The molecule has 3 aromatic rings. The van der Waals surface area contributed by atoms with Crippen LogP contribution in [0.15, 0.2) is 36.4 Å². The lowest BCUT2D eigenvalue weighted by Crippen LogP contribution is -2.43. The SMILES string of the molecule is C[C@H](NC(=O)[C@@H](N)Cc1cccc(C#N)c1)c1nc2cc(Cl)c(Cl)cc2[nH]1. The molecule has 1 amide bonds. The summed E-state index contributed by atoms with van der Waals surface area (Å²) in [6, 6.07) is 11.4. The number of nitrogens with one attached hydrogen (secondary N) is 2. The summed E-state index contributed by atoms with van der Waals surface area (Å²) in [5.74, 6) is 0.275. The van der Waals surface area contributed by atoms with E-state index in [1.165, 1.54) is 0 Å². The molecule has 0 radical (unpaired) electrons. The number of nitrogens with zero attached hydrogens (tertiary/aromatic N) is 2. The predicted molar refractivity (Wildman–Crippen MR) is 106 cm³/mol. The van der Waals surface area contributed by atoms with Crippen LogP contribution in [0.1, 0.15) is 29.9 Å². The number of hydrogen-bond donors (Lipinski definition) is 3. The summed E-state index contributed by atoms with van der Waals surface area (Å²) in [6.45, 7) is 1.81. The highest BCUT2D eigenvalue weighted by molar-refractivity contribution is 6.42. The molecule has 0 bridgehead atoms. The Morgan fingerprint density at radius 1 is 1.33 bits per heavy atom. The van der Waals surface area contributed by atoms with Crippen LogP contribution in [-0.4, -0.2) is 21.9 Å². The molecular formula is C19H17Cl2N5O. The summed E-state index contributed by atoms with van der Waals surface area (Å²) in [6.07, 6.45) is 0.333. The third-order valence-corrected chi connectivity index (χ3v) is 4.88. The number of H-pyrrole nitrogens is 1. The number of aromatic amines is 1. The zero-order valence-corrected chi connectivity index (χ0v) is 16.0. The topological polar surface area (TPSA) is 108 Å². The van der Waals surface area contributed by atoms with E-state index in [0.29, 0.717) is 33.4 Å². The number of nitriles is 1. The summed E-state index contributed by atoms with van der Waals surface area (Å²) >= 11 is 12.0. The van der Waals surface area contributed by atoms with E-state index < -0.39 is 6.04 Å². The molecule has 1 heterocycles. The third-order valence-electron chi connectivity index (χ3n) is 4.16. The van der Waals surface area contributed by atoms with E-state index in [0.717, 1.165) is 11.1 Å². The molecule has 0 spiro atoms. The van der Waals surface area contributed by atoms with E-state index in [9.17, 15) is 4.79 Å². The molecule has 8 heteroatoms. The zero-order valence-electron chi connectivity index (χ0n) is 14.5. The van der Waals surface area contributed by atoms with Gasteiger partial charge in [0.2, 0.25) is 5.91 Å². The van der Waals surface area contributed by atoms with Gasteiger partial charge in [0, 0.05) is 0 Å². The van der Waals surface area contributed by atoms with Gasteiger partial charge in [-0.1, -0.05) is 35.3 Å². The number of rotatable bonds is 5. The van der Waals surface area contributed by atoms with Crippen molar-refractivity contribution in [2.75, 3.05) is 0 Å². The van der Waals surface area contributed by atoms with Crippen LogP contribution < -0.4 is 11.1 Å². The molecule has 138 valence electrons. The molecule has 27 heavy (non-hydrogen) atoms. The monoisotopic (exact) mass is 401 g/mol. The largest absolute Gasteiger partial charge is 0.345 e. The Morgan fingerprint density at radius 2 is 2.07 bits per heavy atom. The molecule has 0 aliphatic carbocycles. The molecule has 6 nitrogen and oxygen atoms in total. The number of hydrogen-bond acceptors (Lipinski definition) is 4. The number of carbonyl (C=O) groups is 1. The van der Waals surface area contributed by atoms with Crippen LogP contribution in [0.5, 0.6) is 0 Å². The van der Waals surface area contributed by atoms with Gasteiger partial charge >= 0.3 is 0 Å². The number of nitrogens with two attached hydrogens (primary N) is 1. The fourth-order valence-corrected chi connectivity index (χ4v) is 3.05. The number of fused-ring (bicyclic) bond motifs is 1. The maximum atomic E-state index is 12.4. The van der Waals surface area contributed by atoms with Crippen molar-refractivity contribution in [3.63, 3.8) is 0 Å². The fraction of sp³-hybridized carbons (Fsp3) is 0.211. The van der Waals surface area contributed by atoms with E-state index in [-0.39, 0.29) is 11.9 Å². The summed E-state index contributed by atoms with van der Waals surface area (Å²) in [7, 11) is 0. The highest BCUT2D eigenvalue weighted by atomic mass is 35.5. The van der Waals surface area contributed by atoms with Crippen molar-refractivity contribution in [3.05, 3.63) is 63.4 Å². The first-order valence-electron chi connectivity index (χ1n) is 8.27. The smallest absolute Gasteiger partial charge is 0.237 e. The van der Waals surface area contributed by atoms with Crippen LogP contribution in [0, 0.1) is 11.3 Å².